The van der Waals surface area contributed by atoms with Gasteiger partial charge in [0.25, 0.3) is 0 Å². The largest absolute Gasteiger partial charge is 0.351 e. The minimum atomic E-state index is -0.844. The van der Waals surface area contributed by atoms with E-state index in [4.69, 9.17) is 5.73 Å². The number of nitrogens with one attached hydrogen (secondary N) is 1. The van der Waals surface area contributed by atoms with Crippen LogP contribution < -0.4 is 11.1 Å². The summed E-state index contributed by atoms with van der Waals surface area (Å²) in [5, 5.41) is 11.6. The average molecular weight is 438 g/mol. The van der Waals surface area contributed by atoms with Crippen molar-refractivity contribution in [1.82, 2.24) is 20.1 Å². The Morgan fingerprint density at radius 1 is 1.03 bits per heavy atom. The molecule has 0 fully saturated rings. The van der Waals surface area contributed by atoms with Gasteiger partial charge in [-0.1, -0.05) is 87.1 Å². The number of benzene rings is 2. The summed E-state index contributed by atoms with van der Waals surface area (Å²) in [6.45, 7) is 7.16. The van der Waals surface area contributed by atoms with Crippen molar-refractivity contribution in [2.45, 2.75) is 44.3 Å². The third kappa shape index (κ3) is 6.18. The first-order chi connectivity index (χ1) is 14.7. The Morgan fingerprint density at radius 3 is 2.32 bits per heavy atom. The highest BCUT2D eigenvalue weighted by Gasteiger charge is 2.18. The van der Waals surface area contributed by atoms with Crippen molar-refractivity contribution in [3.8, 4) is 11.4 Å². The number of amides is 3. The Balaban J connectivity index is 1.85. The molecule has 0 aliphatic rings. The second-order valence-corrected chi connectivity index (χ2v) is 9.28. The van der Waals surface area contributed by atoms with Crippen LogP contribution in [0.25, 0.3) is 11.4 Å². The van der Waals surface area contributed by atoms with Crippen LogP contribution in [0, 0.1) is 0 Å². The Labute approximate surface area is 186 Å². The van der Waals surface area contributed by atoms with E-state index < -0.39 is 11.9 Å². The number of urea groups is 1. The molecule has 3 N–H and O–H groups in total. The summed E-state index contributed by atoms with van der Waals surface area (Å²) < 4.78 is 2.05. The highest BCUT2D eigenvalue weighted by Crippen LogP contribution is 2.28. The van der Waals surface area contributed by atoms with Crippen LogP contribution in [0.3, 0.4) is 0 Å². The second kappa shape index (κ2) is 9.78. The molecule has 0 saturated carbocycles. The minimum Gasteiger partial charge on any atom is -0.351 e. The number of thioether (sulfide) groups is 1. The summed E-state index contributed by atoms with van der Waals surface area (Å²) in [5.74, 6) is 0.815. The van der Waals surface area contributed by atoms with Crippen LogP contribution in [0.4, 0.5) is 4.79 Å². The number of carbonyl (C=O) groups excluding carboxylic acids is 2. The number of nitrogens with two attached hydrogens (primary N) is 1. The summed E-state index contributed by atoms with van der Waals surface area (Å²) >= 11 is 1.42. The fraction of sp³-hybridized carbons (Fsp3) is 0.304. The van der Waals surface area contributed by atoms with Gasteiger partial charge in [-0.05, 0) is 16.5 Å². The maximum atomic E-state index is 11.7. The average Bonchev–Trinajstić information content (AvgIpc) is 3.10. The molecule has 162 valence electrons. The first-order valence-electron chi connectivity index (χ1n) is 10.0. The molecule has 0 aliphatic heterocycles. The molecule has 1 heterocycles. The van der Waals surface area contributed by atoms with Crippen LogP contribution in [0.5, 0.6) is 0 Å². The van der Waals surface area contributed by atoms with E-state index in [1.807, 2.05) is 18.2 Å². The summed E-state index contributed by atoms with van der Waals surface area (Å²) in [5.41, 5.74) is 8.42. The van der Waals surface area contributed by atoms with E-state index in [1.165, 1.54) is 17.3 Å². The maximum Gasteiger partial charge on any atom is 0.318 e. The number of aromatic nitrogens is 3. The van der Waals surface area contributed by atoms with E-state index >= 15 is 0 Å². The van der Waals surface area contributed by atoms with Crippen molar-refractivity contribution in [2.24, 2.45) is 5.73 Å². The lowest BCUT2D eigenvalue weighted by Crippen LogP contribution is -2.35. The first kappa shape index (κ1) is 22.6. The van der Waals surface area contributed by atoms with Crippen LogP contribution in [0.1, 0.15) is 38.3 Å². The van der Waals surface area contributed by atoms with Crippen molar-refractivity contribution < 1.29 is 9.59 Å². The van der Waals surface area contributed by atoms with Crippen LogP contribution in [0.15, 0.2) is 59.8 Å². The van der Waals surface area contributed by atoms with Gasteiger partial charge in [-0.3, -0.25) is 14.7 Å². The molecule has 0 saturated heterocycles. The summed E-state index contributed by atoms with van der Waals surface area (Å²) in [6.07, 6.45) is 0.154. The van der Waals surface area contributed by atoms with Gasteiger partial charge in [-0.15, -0.1) is 10.2 Å². The van der Waals surface area contributed by atoms with E-state index in [2.05, 4.69) is 77.3 Å². The summed E-state index contributed by atoms with van der Waals surface area (Å²) in [7, 11) is 0. The van der Waals surface area contributed by atoms with Crippen LogP contribution in [-0.4, -0.2) is 32.5 Å². The molecule has 0 aliphatic carbocycles. The predicted octanol–water partition coefficient (Wildman–Crippen LogP) is 3.97. The SMILES string of the molecule is CC(C)(C)c1ccc(-c2nnc(SCCC(=O)NC(N)=O)n2Cc2ccccc2)cc1. The number of carbonyl (C=O) groups is 2. The molecule has 1 aromatic heterocycles. The van der Waals surface area contributed by atoms with Gasteiger partial charge in [0.15, 0.2) is 11.0 Å². The molecule has 3 rings (SSSR count). The fourth-order valence-electron chi connectivity index (χ4n) is 3.07. The number of imide groups is 1. The normalized spacial score (nSPS) is 11.3. The topological polar surface area (TPSA) is 103 Å². The molecule has 7 nitrogen and oxygen atoms in total. The van der Waals surface area contributed by atoms with E-state index in [0.29, 0.717) is 17.5 Å². The standard InChI is InChI=1S/C23H27N5O2S/c1-23(2,3)18-11-9-17(10-12-18)20-26-27-22(31-14-13-19(29)25-21(24)30)28(20)15-16-7-5-4-6-8-16/h4-12H,13-15H2,1-3H3,(H3,24,25,29,30). The van der Waals surface area contributed by atoms with Crippen molar-refractivity contribution in [3.63, 3.8) is 0 Å². The number of nitrogens with zero attached hydrogens (tertiary/aromatic N) is 3. The molecule has 8 heteroatoms. The minimum absolute atomic E-state index is 0.0722. The quantitative estimate of drug-likeness (QED) is 0.545. The van der Waals surface area contributed by atoms with Crippen molar-refractivity contribution in [2.75, 3.05) is 5.75 Å². The fourth-order valence-corrected chi connectivity index (χ4v) is 3.95. The van der Waals surface area contributed by atoms with Crippen molar-refractivity contribution in [3.05, 3.63) is 65.7 Å². The molecule has 31 heavy (non-hydrogen) atoms. The van der Waals surface area contributed by atoms with E-state index in [0.717, 1.165) is 17.0 Å². The Kier molecular flexibility index (Phi) is 7.12. The zero-order valence-corrected chi connectivity index (χ0v) is 18.8. The molecular weight excluding hydrogens is 410 g/mol. The van der Waals surface area contributed by atoms with Gasteiger partial charge in [0, 0.05) is 17.7 Å². The lowest BCUT2D eigenvalue weighted by molar-refractivity contribution is -0.119. The Morgan fingerprint density at radius 2 is 1.71 bits per heavy atom. The van der Waals surface area contributed by atoms with Gasteiger partial charge < -0.3 is 5.73 Å². The Hall–Kier alpha value is -3.13. The van der Waals surface area contributed by atoms with Crippen LogP contribution in [-0.2, 0) is 16.8 Å². The molecule has 3 amide bonds. The van der Waals surface area contributed by atoms with Gasteiger partial charge in [0.05, 0.1) is 6.54 Å². The number of primary amides is 1. The second-order valence-electron chi connectivity index (χ2n) is 8.22. The molecule has 0 atom stereocenters. The van der Waals surface area contributed by atoms with Crippen molar-refractivity contribution >= 4 is 23.7 Å². The highest BCUT2D eigenvalue weighted by atomic mass is 32.2. The monoisotopic (exact) mass is 437 g/mol. The van der Waals surface area contributed by atoms with E-state index in [1.54, 1.807) is 0 Å². The molecule has 0 radical (unpaired) electrons. The van der Waals surface area contributed by atoms with Crippen LogP contribution >= 0.6 is 11.8 Å². The lowest BCUT2D eigenvalue weighted by Gasteiger charge is -2.19. The van der Waals surface area contributed by atoms with Gasteiger partial charge in [0.1, 0.15) is 0 Å². The van der Waals surface area contributed by atoms with Crippen LogP contribution in [0.2, 0.25) is 0 Å². The molecular formula is C23H27N5O2S. The third-order valence-electron chi connectivity index (χ3n) is 4.73. The molecule has 2 aromatic carbocycles. The molecule has 0 unspecified atom stereocenters. The van der Waals surface area contributed by atoms with E-state index in [9.17, 15) is 9.59 Å². The van der Waals surface area contributed by atoms with Crippen molar-refractivity contribution in [1.29, 1.82) is 0 Å². The zero-order valence-electron chi connectivity index (χ0n) is 18.0. The highest BCUT2D eigenvalue weighted by molar-refractivity contribution is 7.99. The van der Waals surface area contributed by atoms with Gasteiger partial charge in [-0.25, -0.2) is 4.79 Å². The molecule has 0 bridgehead atoms. The van der Waals surface area contributed by atoms with Gasteiger partial charge in [0.2, 0.25) is 5.91 Å². The third-order valence-corrected chi connectivity index (χ3v) is 5.70. The lowest BCUT2D eigenvalue weighted by atomic mass is 9.87. The zero-order chi connectivity index (χ0) is 22.4. The van der Waals surface area contributed by atoms with Gasteiger partial charge >= 0.3 is 6.03 Å². The molecule has 3 aromatic rings. The van der Waals surface area contributed by atoms with Gasteiger partial charge in [-0.2, -0.15) is 0 Å². The summed E-state index contributed by atoms with van der Waals surface area (Å²) in [4.78, 5) is 22.5. The predicted molar refractivity (Wildman–Crippen MR) is 123 cm³/mol. The van der Waals surface area contributed by atoms with E-state index in [-0.39, 0.29) is 11.8 Å². The summed E-state index contributed by atoms with van der Waals surface area (Å²) in [6, 6.07) is 17.6. The Bertz CT molecular complexity index is 1040. The first-order valence-corrected chi connectivity index (χ1v) is 11.0. The smallest absolute Gasteiger partial charge is 0.318 e. The number of hydrogen-bond donors (Lipinski definition) is 2. The molecule has 0 spiro atoms. The number of rotatable bonds is 7. The number of hydrogen-bond acceptors (Lipinski definition) is 5. The maximum absolute atomic E-state index is 11.7.